The van der Waals surface area contributed by atoms with Gasteiger partial charge in [-0.3, -0.25) is 0 Å². The van der Waals surface area contributed by atoms with Crippen LogP contribution in [0.4, 0.5) is 16.4 Å². The maximum Gasteiger partial charge on any atom is 0.334 e. The van der Waals surface area contributed by atoms with Crippen LogP contribution >= 0.6 is 0 Å². The number of nitrogens with one attached hydrogen (secondary N) is 2. The lowest BCUT2D eigenvalue weighted by atomic mass is 9.99. The minimum Gasteiger partial charge on any atom is -0.381 e. The number of carbonyl (C=O) groups excluding carboxylic acids is 1. The molecular formula is C24H28N4O5S. The van der Waals surface area contributed by atoms with Crippen LogP contribution in [0, 0.1) is 19.3 Å². The summed E-state index contributed by atoms with van der Waals surface area (Å²) in [7, 11) is -4.33. The molecule has 1 aromatic carbocycles. The molecule has 2 aromatic rings. The van der Waals surface area contributed by atoms with Crippen LogP contribution < -0.4 is 14.3 Å². The molecule has 9 nitrogen and oxygen atoms in total. The quantitative estimate of drug-likeness (QED) is 0.631. The van der Waals surface area contributed by atoms with Crippen molar-refractivity contribution in [2.45, 2.75) is 64.3 Å². The zero-order chi connectivity index (χ0) is 23.9. The first-order valence-electron chi connectivity index (χ1n) is 11.7. The Labute approximate surface area is 199 Å². The van der Waals surface area contributed by atoms with E-state index in [0.29, 0.717) is 31.6 Å². The molecule has 1 aromatic heterocycles. The van der Waals surface area contributed by atoms with E-state index in [9.17, 15) is 13.2 Å². The number of nitrogens with zero attached hydrogens (tertiary/aromatic N) is 2. The maximum absolute atomic E-state index is 13.5. The number of hydrogen-bond acceptors (Lipinski definition) is 6. The molecule has 34 heavy (non-hydrogen) atoms. The lowest BCUT2D eigenvalue weighted by Crippen LogP contribution is -2.51. The summed E-state index contributed by atoms with van der Waals surface area (Å²) in [5.41, 5.74) is 6.18. The second-order valence-electron chi connectivity index (χ2n) is 9.04. The molecule has 0 unspecified atom stereocenters. The molecule has 5 rings (SSSR count). The Morgan fingerprint density at radius 2 is 1.79 bits per heavy atom. The lowest BCUT2D eigenvalue weighted by molar-refractivity contribution is 0.0867. The maximum atomic E-state index is 13.5. The summed E-state index contributed by atoms with van der Waals surface area (Å²) in [6.45, 7) is 2.46. The van der Waals surface area contributed by atoms with Crippen molar-refractivity contribution in [2.75, 3.05) is 22.8 Å². The molecule has 0 bridgehead atoms. The van der Waals surface area contributed by atoms with E-state index in [1.807, 2.05) is 0 Å². The van der Waals surface area contributed by atoms with Crippen LogP contribution in [0.1, 0.15) is 59.2 Å². The minimum absolute atomic E-state index is 0.0154. The molecule has 2 N–H and O–H groups in total. The van der Waals surface area contributed by atoms with Gasteiger partial charge in [0, 0.05) is 18.9 Å². The smallest absolute Gasteiger partial charge is 0.334 e. The molecule has 0 atom stereocenters. The number of ether oxygens (including phenoxy) is 1. The minimum atomic E-state index is -4.33. The van der Waals surface area contributed by atoms with E-state index in [1.54, 1.807) is 6.92 Å². The summed E-state index contributed by atoms with van der Waals surface area (Å²) in [6.07, 6.45) is 12.2. The molecule has 10 heteroatoms. The average Bonchev–Trinajstić information content (AvgIpc) is 3.54. The second kappa shape index (κ2) is 8.96. The number of anilines is 2. The number of amides is 2. The number of aryl methyl sites for hydroxylation is 2. The number of terminal acetylenes is 1. The number of carbonyl (C=O) groups is 1. The Bertz CT molecular complexity index is 1240. The van der Waals surface area contributed by atoms with Crippen LogP contribution in [0.5, 0.6) is 0 Å². The Morgan fingerprint density at radius 1 is 1.15 bits per heavy atom. The van der Waals surface area contributed by atoms with Crippen LogP contribution in [0.2, 0.25) is 0 Å². The summed E-state index contributed by atoms with van der Waals surface area (Å²) in [5, 5.41) is 6.69. The van der Waals surface area contributed by atoms with Gasteiger partial charge in [0.1, 0.15) is 0 Å². The van der Waals surface area contributed by atoms with Gasteiger partial charge in [0.05, 0.1) is 11.6 Å². The van der Waals surface area contributed by atoms with Crippen LogP contribution in [0.3, 0.4) is 0 Å². The molecule has 180 valence electrons. The molecule has 1 fully saturated rings. The van der Waals surface area contributed by atoms with Crippen LogP contribution in [0.15, 0.2) is 10.6 Å². The fourth-order valence-electron chi connectivity index (χ4n) is 5.33. The van der Waals surface area contributed by atoms with E-state index in [2.05, 4.69) is 27.2 Å². The Morgan fingerprint density at radius 3 is 2.38 bits per heavy atom. The van der Waals surface area contributed by atoms with Gasteiger partial charge in [-0.2, -0.15) is 8.42 Å². The SMILES string of the molecule is C#Cc1noc(N(C2CCOCC2)S(=O)(=O)NC(=O)Nc2c3c(cc4c2CCC4)CCC3)c1C. The number of aromatic nitrogens is 1. The molecule has 3 aliphatic rings. The zero-order valence-corrected chi connectivity index (χ0v) is 20.0. The average molecular weight is 485 g/mol. The molecule has 2 aliphatic carbocycles. The number of rotatable bonds is 5. The van der Waals surface area contributed by atoms with Crippen LogP contribution in [-0.4, -0.2) is 38.9 Å². The number of urea groups is 1. The first kappa shape index (κ1) is 22.7. The molecule has 1 aliphatic heterocycles. The predicted octanol–water partition coefficient (Wildman–Crippen LogP) is 2.99. The summed E-state index contributed by atoms with van der Waals surface area (Å²) in [5.74, 6) is 2.41. The normalized spacial score (nSPS) is 17.6. The van der Waals surface area contributed by atoms with Gasteiger partial charge >= 0.3 is 16.2 Å². The fraction of sp³-hybridized carbons (Fsp3) is 0.500. The molecule has 1 saturated heterocycles. The summed E-state index contributed by atoms with van der Waals surface area (Å²) < 4.78 is 41.1. The Hall–Kier alpha value is -3.03. The van der Waals surface area contributed by atoms with E-state index in [-0.39, 0.29) is 11.6 Å². The van der Waals surface area contributed by atoms with E-state index in [0.717, 1.165) is 59.6 Å². The zero-order valence-electron chi connectivity index (χ0n) is 19.1. The first-order valence-corrected chi connectivity index (χ1v) is 13.1. The number of hydrogen-bond donors (Lipinski definition) is 2. The third kappa shape index (κ3) is 4.03. The van der Waals surface area contributed by atoms with Crippen molar-refractivity contribution in [3.8, 4) is 12.3 Å². The third-order valence-electron chi connectivity index (χ3n) is 6.95. The van der Waals surface area contributed by atoms with E-state index in [1.165, 1.54) is 11.1 Å². The van der Waals surface area contributed by atoms with Crippen molar-refractivity contribution >= 4 is 27.8 Å². The van der Waals surface area contributed by atoms with Gasteiger partial charge in [-0.1, -0.05) is 11.2 Å². The summed E-state index contributed by atoms with van der Waals surface area (Å²) in [4.78, 5) is 13.1. The van der Waals surface area contributed by atoms with E-state index in [4.69, 9.17) is 15.7 Å². The van der Waals surface area contributed by atoms with Gasteiger partial charge < -0.3 is 14.6 Å². The number of benzene rings is 1. The Balaban J connectivity index is 1.44. The van der Waals surface area contributed by atoms with Crippen molar-refractivity contribution in [3.05, 3.63) is 39.6 Å². The van der Waals surface area contributed by atoms with Gasteiger partial charge in [-0.15, -0.1) is 6.42 Å². The lowest BCUT2D eigenvalue weighted by Gasteiger charge is -2.32. The van der Waals surface area contributed by atoms with Gasteiger partial charge in [0.2, 0.25) is 5.88 Å². The summed E-state index contributed by atoms with van der Waals surface area (Å²) in [6, 6.07) is 1.01. The Kier molecular flexibility index (Phi) is 6.00. The third-order valence-corrected chi connectivity index (χ3v) is 8.38. The van der Waals surface area contributed by atoms with Gasteiger partial charge in [0.25, 0.3) is 0 Å². The fourth-order valence-corrected chi connectivity index (χ4v) is 6.71. The predicted molar refractivity (Wildman–Crippen MR) is 127 cm³/mol. The summed E-state index contributed by atoms with van der Waals surface area (Å²) >= 11 is 0. The highest BCUT2D eigenvalue weighted by molar-refractivity contribution is 7.91. The van der Waals surface area contributed by atoms with Crippen molar-refractivity contribution in [2.24, 2.45) is 0 Å². The highest BCUT2D eigenvalue weighted by Gasteiger charge is 2.37. The largest absolute Gasteiger partial charge is 0.381 e. The first-order chi connectivity index (χ1) is 16.4. The van der Waals surface area contributed by atoms with Crippen molar-refractivity contribution in [1.82, 2.24) is 9.88 Å². The topological polar surface area (TPSA) is 114 Å². The van der Waals surface area contributed by atoms with Gasteiger partial charge in [0.15, 0.2) is 5.69 Å². The van der Waals surface area contributed by atoms with Crippen molar-refractivity contribution < 1.29 is 22.5 Å². The molecule has 0 saturated carbocycles. The van der Waals surface area contributed by atoms with Crippen LogP contribution in [-0.2, 0) is 40.6 Å². The standard InChI is InChI=1S/C24H28N4O5S/c1-3-21-15(2)23(33-26-21)28(18-10-12-32-13-11-18)34(30,31)27-24(29)25-22-19-8-4-6-16(19)14-17-7-5-9-20(17)22/h1,14,18H,4-13H2,2H3,(H2,25,27,29). The van der Waals surface area contributed by atoms with Gasteiger partial charge in [-0.05, 0) is 86.5 Å². The number of fused-ring (bicyclic) bond motifs is 2. The van der Waals surface area contributed by atoms with Crippen molar-refractivity contribution in [1.29, 1.82) is 0 Å². The molecule has 0 radical (unpaired) electrons. The second-order valence-corrected chi connectivity index (χ2v) is 10.6. The molecule has 0 spiro atoms. The molecular weight excluding hydrogens is 456 g/mol. The monoisotopic (exact) mass is 484 g/mol. The molecule has 2 heterocycles. The highest BCUT2D eigenvalue weighted by atomic mass is 32.2. The van der Waals surface area contributed by atoms with E-state index >= 15 is 0 Å². The highest BCUT2D eigenvalue weighted by Crippen LogP contribution is 2.38. The van der Waals surface area contributed by atoms with Crippen LogP contribution in [0.25, 0.3) is 0 Å². The van der Waals surface area contributed by atoms with E-state index < -0.39 is 22.3 Å². The molecule has 2 amide bonds. The van der Waals surface area contributed by atoms with Crippen molar-refractivity contribution in [3.63, 3.8) is 0 Å². The van der Waals surface area contributed by atoms with Gasteiger partial charge in [-0.25, -0.2) is 13.8 Å².